The van der Waals surface area contributed by atoms with Gasteiger partial charge >= 0.3 is 0 Å². The average molecular weight is 315 g/mol. The number of nitrogens with one attached hydrogen (secondary N) is 1. The second-order valence-electron chi connectivity index (χ2n) is 4.49. The lowest BCUT2D eigenvalue weighted by Crippen LogP contribution is -2.34. The molecule has 1 unspecified atom stereocenters. The Morgan fingerprint density at radius 1 is 1.56 bits per heavy atom. The molecule has 0 aliphatic rings. The number of benzene rings is 1. The maximum Gasteiger partial charge on any atom is 0.223 e. The fraction of sp³-hybridized carbons (Fsp3) is 0.462. The van der Waals surface area contributed by atoms with Gasteiger partial charge in [-0.2, -0.15) is 0 Å². The van der Waals surface area contributed by atoms with Gasteiger partial charge in [-0.3, -0.25) is 4.79 Å². The summed E-state index contributed by atoms with van der Waals surface area (Å²) in [4.78, 5) is 13.4. The van der Waals surface area contributed by atoms with Crippen molar-refractivity contribution in [3.05, 3.63) is 28.2 Å². The molecule has 0 heterocycles. The molecule has 1 amide bonds. The Bertz CT molecular complexity index is 423. The summed E-state index contributed by atoms with van der Waals surface area (Å²) >= 11 is 3.38. The Kier molecular flexibility index (Phi) is 5.62. The molecule has 1 aromatic carbocycles. The zero-order valence-corrected chi connectivity index (χ0v) is 12.5. The van der Waals surface area contributed by atoms with E-state index < -0.39 is 0 Å². The van der Waals surface area contributed by atoms with E-state index in [0.717, 1.165) is 10.0 Å². The first-order valence-corrected chi connectivity index (χ1v) is 6.61. The van der Waals surface area contributed by atoms with Crippen LogP contribution in [0, 0.1) is 5.92 Å². The number of amides is 1. The summed E-state index contributed by atoms with van der Waals surface area (Å²) in [6, 6.07) is 5.35. The van der Waals surface area contributed by atoms with Crippen LogP contribution in [0.2, 0.25) is 0 Å². The van der Waals surface area contributed by atoms with E-state index in [1.807, 2.05) is 24.9 Å². The van der Waals surface area contributed by atoms with Crippen molar-refractivity contribution in [2.75, 3.05) is 20.6 Å². The fourth-order valence-electron chi connectivity index (χ4n) is 1.83. The summed E-state index contributed by atoms with van der Waals surface area (Å²) in [6.45, 7) is 3.13. The lowest BCUT2D eigenvalue weighted by atomic mass is 10.1. The summed E-state index contributed by atoms with van der Waals surface area (Å²) in [5.74, 6) is 0.229. The van der Waals surface area contributed by atoms with Crippen LogP contribution in [0.1, 0.15) is 12.5 Å². The summed E-state index contributed by atoms with van der Waals surface area (Å²) in [6.07, 6.45) is 0. The third kappa shape index (κ3) is 4.31. The molecule has 5 heteroatoms. The van der Waals surface area contributed by atoms with E-state index in [2.05, 4.69) is 21.2 Å². The highest BCUT2D eigenvalue weighted by molar-refractivity contribution is 9.10. The third-order valence-corrected chi connectivity index (χ3v) is 3.25. The first-order valence-electron chi connectivity index (χ1n) is 5.81. The third-order valence-electron chi connectivity index (χ3n) is 2.76. The topological polar surface area (TPSA) is 52.6 Å². The van der Waals surface area contributed by atoms with Crippen LogP contribution < -0.4 is 5.32 Å². The van der Waals surface area contributed by atoms with Crippen LogP contribution in [0.5, 0.6) is 5.75 Å². The van der Waals surface area contributed by atoms with Crippen molar-refractivity contribution in [1.82, 2.24) is 10.2 Å². The first-order chi connectivity index (χ1) is 8.43. The predicted octanol–water partition coefficient (Wildman–Crippen LogP) is 1.97. The second-order valence-corrected chi connectivity index (χ2v) is 5.40. The van der Waals surface area contributed by atoms with Crippen molar-refractivity contribution < 1.29 is 9.90 Å². The van der Waals surface area contributed by atoms with Crippen molar-refractivity contribution in [3.8, 4) is 5.75 Å². The Morgan fingerprint density at radius 3 is 2.83 bits per heavy atom. The van der Waals surface area contributed by atoms with Crippen LogP contribution in [-0.2, 0) is 11.3 Å². The first kappa shape index (κ1) is 15.0. The molecule has 2 N–H and O–H groups in total. The number of nitrogens with zero attached hydrogens (tertiary/aromatic N) is 1. The van der Waals surface area contributed by atoms with Crippen LogP contribution in [0.15, 0.2) is 22.7 Å². The monoisotopic (exact) mass is 314 g/mol. The van der Waals surface area contributed by atoms with Crippen LogP contribution in [0.4, 0.5) is 0 Å². The van der Waals surface area contributed by atoms with E-state index in [0.29, 0.717) is 13.1 Å². The number of rotatable bonds is 5. The minimum atomic E-state index is -0.0747. The molecule has 1 rings (SSSR count). The molecule has 0 radical (unpaired) electrons. The highest BCUT2D eigenvalue weighted by Gasteiger charge is 2.14. The molecule has 0 fully saturated rings. The van der Waals surface area contributed by atoms with Gasteiger partial charge < -0.3 is 15.3 Å². The molecule has 18 heavy (non-hydrogen) atoms. The average Bonchev–Trinajstić information content (AvgIpc) is 2.32. The molecular weight excluding hydrogens is 296 g/mol. The molecule has 0 saturated carbocycles. The van der Waals surface area contributed by atoms with Crippen LogP contribution in [0.3, 0.4) is 0 Å². The number of carbonyl (C=O) groups excluding carboxylic acids is 1. The molecule has 0 bridgehead atoms. The van der Waals surface area contributed by atoms with Crippen LogP contribution in [0.25, 0.3) is 0 Å². The van der Waals surface area contributed by atoms with Gasteiger partial charge in [0.15, 0.2) is 0 Å². The molecule has 100 valence electrons. The van der Waals surface area contributed by atoms with Gasteiger partial charge in [0.25, 0.3) is 0 Å². The fourth-order valence-corrected chi connectivity index (χ4v) is 2.24. The van der Waals surface area contributed by atoms with Gasteiger partial charge in [0, 0.05) is 36.1 Å². The van der Waals surface area contributed by atoms with Crippen molar-refractivity contribution >= 4 is 21.8 Å². The molecular formula is C13H19BrN2O2. The number of aromatic hydroxyl groups is 1. The number of hydrogen-bond donors (Lipinski definition) is 2. The summed E-state index contributed by atoms with van der Waals surface area (Å²) in [5.41, 5.74) is 0.844. The molecule has 0 aliphatic heterocycles. The number of carbonyl (C=O) groups is 1. The molecule has 0 aromatic heterocycles. The largest absolute Gasteiger partial charge is 0.508 e. The maximum absolute atomic E-state index is 11.4. The van der Waals surface area contributed by atoms with Gasteiger partial charge in [-0.25, -0.2) is 0 Å². The molecule has 0 aliphatic carbocycles. The van der Waals surface area contributed by atoms with E-state index >= 15 is 0 Å². The molecule has 0 spiro atoms. The smallest absolute Gasteiger partial charge is 0.223 e. The summed E-state index contributed by atoms with van der Waals surface area (Å²) < 4.78 is 0.933. The van der Waals surface area contributed by atoms with E-state index in [4.69, 9.17) is 0 Å². The quantitative estimate of drug-likeness (QED) is 0.873. The normalized spacial score (nSPS) is 12.5. The van der Waals surface area contributed by atoms with E-state index in [1.54, 1.807) is 19.2 Å². The molecule has 1 atom stereocenters. The van der Waals surface area contributed by atoms with Crippen molar-refractivity contribution in [2.45, 2.75) is 13.5 Å². The molecule has 1 aromatic rings. The highest BCUT2D eigenvalue weighted by Crippen LogP contribution is 2.23. The Hall–Kier alpha value is -1.07. The predicted molar refractivity (Wildman–Crippen MR) is 75.4 cm³/mol. The lowest BCUT2D eigenvalue weighted by molar-refractivity contribution is -0.124. The van der Waals surface area contributed by atoms with Crippen LogP contribution >= 0.6 is 15.9 Å². The van der Waals surface area contributed by atoms with E-state index in [9.17, 15) is 9.90 Å². The van der Waals surface area contributed by atoms with Crippen LogP contribution in [-0.4, -0.2) is 36.6 Å². The minimum Gasteiger partial charge on any atom is -0.508 e. The summed E-state index contributed by atoms with van der Waals surface area (Å²) in [7, 11) is 3.57. The number of phenolic OH excluding ortho intramolecular Hbond substituents is 1. The summed E-state index contributed by atoms with van der Waals surface area (Å²) in [5, 5.41) is 12.4. The zero-order chi connectivity index (χ0) is 13.7. The van der Waals surface area contributed by atoms with Gasteiger partial charge in [0.05, 0.1) is 0 Å². The van der Waals surface area contributed by atoms with Gasteiger partial charge in [0.1, 0.15) is 5.75 Å². The Labute approximate surface area is 116 Å². The van der Waals surface area contributed by atoms with Crippen molar-refractivity contribution in [3.63, 3.8) is 0 Å². The number of hydrogen-bond acceptors (Lipinski definition) is 3. The molecule has 0 saturated heterocycles. The minimum absolute atomic E-state index is 0.0281. The molecule has 4 nitrogen and oxygen atoms in total. The van der Waals surface area contributed by atoms with E-state index in [-0.39, 0.29) is 17.6 Å². The standard InChI is InChI=1S/C13H19BrN2O2/c1-9(13(18)15-2)7-16(3)8-10-6-11(14)4-5-12(10)17/h4-6,9,17H,7-8H2,1-3H3,(H,15,18). The zero-order valence-electron chi connectivity index (χ0n) is 10.9. The highest BCUT2D eigenvalue weighted by atomic mass is 79.9. The van der Waals surface area contributed by atoms with Gasteiger partial charge in [-0.15, -0.1) is 0 Å². The van der Waals surface area contributed by atoms with Gasteiger partial charge in [-0.1, -0.05) is 22.9 Å². The maximum atomic E-state index is 11.4. The number of halogens is 1. The Balaban J connectivity index is 2.61. The SMILES string of the molecule is CNC(=O)C(C)CN(C)Cc1cc(Br)ccc1O. The number of phenols is 1. The van der Waals surface area contributed by atoms with Crippen molar-refractivity contribution in [2.24, 2.45) is 5.92 Å². The van der Waals surface area contributed by atoms with Gasteiger partial charge in [0.2, 0.25) is 5.91 Å². The lowest BCUT2D eigenvalue weighted by Gasteiger charge is -2.21. The van der Waals surface area contributed by atoms with E-state index in [1.165, 1.54) is 0 Å². The van der Waals surface area contributed by atoms with Crippen molar-refractivity contribution in [1.29, 1.82) is 0 Å². The second kappa shape index (κ2) is 6.75. The Morgan fingerprint density at radius 2 is 2.22 bits per heavy atom. The van der Waals surface area contributed by atoms with Gasteiger partial charge in [-0.05, 0) is 25.2 Å².